The number of aromatic nitrogens is 1. The summed E-state index contributed by atoms with van der Waals surface area (Å²) in [4.78, 5) is 15.7. The maximum absolute atomic E-state index is 13.2. The van der Waals surface area contributed by atoms with Gasteiger partial charge in [-0.3, -0.25) is 9.36 Å². The van der Waals surface area contributed by atoms with E-state index in [0.29, 0.717) is 12.2 Å². The summed E-state index contributed by atoms with van der Waals surface area (Å²) in [5, 5.41) is 36.6. The second-order valence-electron chi connectivity index (χ2n) is 6.68. The lowest BCUT2D eigenvalue weighted by Gasteiger charge is -2.40. The highest BCUT2D eigenvalue weighted by molar-refractivity contribution is 8.24. The maximum atomic E-state index is 13.2. The molecule has 29 heavy (non-hydrogen) atoms. The van der Waals surface area contributed by atoms with Crippen molar-refractivity contribution in [1.82, 2.24) is 4.57 Å². The molecule has 3 aliphatic heterocycles. The van der Waals surface area contributed by atoms with Gasteiger partial charge in [-0.05, 0) is 28.4 Å². The van der Waals surface area contributed by atoms with Gasteiger partial charge in [-0.2, -0.15) is 0 Å². The number of fused-ring (bicyclic) bond motifs is 3. The van der Waals surface area contributed by atoms with Crippen molar-refractivity contribution in [2.75, 3.05) is 11.4 Å². The minimum atomic E-state index is -0.338. The summed E-state index contributed by atoms with van der Waals surface area (Å²) in [6.07, 6.45) is 2.16. The van der Waals surface area contributed by atoms with Gasteiger partial charge in [0.25, 0.3) is 0 Å². The summed E-state index contributed by atoms with van der Waals surface area (Å²) in [6, 6.07) is 7.94. The second-order valence-corrected chi connectivity index (χ2v) is 10.2. The molecule has 0 bridgehead atoms. The minimum absolute atomic E-state index is 0.0269. The highest BCUT2D eigenvalue weighted by Gasteiger charge is 2.44. The first-order valence-electron chi connectivity index (χ1n) is 8.79. The van der Waals surface area contributed by atoms with Crippen LogP contribution < -0.4 is 4.90 Å². The molecule has 5 rings (SSSR count). The maximum Gasteiger partial charge on any atom is 0.247 e. The van der Waals surface area contributed by atoms with Gasteiger partial charge in [-0.25, -0.2) is 0 Å². The summed E-state index contributed by atoms with van der Waals surface area (Å²) >= 11 is 4.99. The molecule has 9 heteroatoms. The number of amides is 1. The Morgan fingerprint density at radius 2 is 1.76 bits per heavy atom. The average Bonchev–Trinajstić information content (AvgIpc) is 3.29. The lowest BCUT2D eigenvalue weighted by atomic mass is 9.94. The number of nitrogens with zero attached hydrogens (tertiary/aromatic N) is 2. The molecule has 1 aromatic heterocycles. The first-order valence-corrected chi connectivity index (χ1v) is 11.4. The van der Waals surface area contributed by atoms with Crippen LogP contribution in [-0.4, -0.2) is 36.4 Å². The Labute approximate surface area is 179 Å². The summed E-state index contributed by atoms with van der Waals surface area (Å²) in [7, 11) is 0. The van der Waals surface area contributed by atoms with E-state index in [0.717, 1.165) is 20.6 Å². The number of hydrogen-bond donors (Lipinski definition) is 3. The van der Waals surface area contributed by atoms with E-state index in [9.17, 15) is 20.1 Å². The van der Waals surface area contributed by atoms with Gasteiger partial charge < -0.3 is 20.2 Å². The number of carbonyl (C=O) groups is 1. The Morgan fingerprint density at radius 1 is 1.03 bits per heavy atom. The fourth-order valence-corrected chi connectivity index (χ4v) is 7.49. The van der Waals surface area contributed by atoms with Crippen LogP contribution in [0.1, 0.15) is 5.56 Å². The number of para-hydroxylation sites is 1. The molecular formula is C20H16N2O4S3. The number of rotatable bonds is 2. The third-order valence-corrected chi connectivity index (χ3v) is 8.62. The number of thioether (sulfide) groups is 3. The third kappa shape index (κ3) is 2.87. The highest BCUT2D eigenvalue weighted by atomic mass is 32.2. The van der Waals surface area contributed by atoms with Gasteiger partial charge in [-0.1, -0.05) is 12.1 Å². The molecule has 3 N–H and O–H groups in total. The van der Waals surface area contributed by atoms with Crippen LogP contribution in [0.15, 0.2) is 57.5 Å². The number of anilines is 1. The number of aromatic hydroxyl groups is 3. The molecule has 3 aliphatic rings. The average molecular weight is 445 g/mol. The molecule has 0 radical (unpaired) electrons. The smallest absolute Gasteiger partial charge is 0.247 e. The zero-order valence-corrected chi connectivity index (χ0v) is 17.4. The summed E-state index contributed by atoms with van der Waals surface area (Å²) in [5.41, 5.74) is 2.39. The molecule has 6 nitrogen and oxygen atoms in total. The third-order valence-electron chi connectivity index (χ3n) is 5.05. The molecule has 1 spiro atoms. The first kappa shape index (κ1) is 18.7. The second kappa shape index (κ2) is 6.86. The van der Waals surface area contributed by atoms with E-state index in [-0.39, 0.29) is 34.0 Å². The number of phenols is 1. The molecule has 4 heterocycles. The fraction of sp³-hybridized carbons (Fsp3) is 0.150. The van der Waals surface area contributed by atoms with Crippen molar-refractivity contribution in [1.29, 1.82) is 0 Å². The molecule has 0 saturated heterocycles. The Bertz CT molecular complexity index is 1090. The lowest BCUT2D eigenvalue weighted by Crippen LogP contribution is -2.39. The van der Waals surface area contributed by atoms with Gasteiger partial charge in [0.2, 0.25) is 5.91 Å². The molecule has 0 unspecified atom stereocenters. The summed E-state index contributed by atoms with van der Waals surface area (Å²) in [5.74, 6) is -0.692. The molecule has 148 valence electrons. The number of benzene rings is 1. The van der Waals surface area contributed by atoms with Crippen LogP contribution >= 0.6 is 35.3 Å². The van der Waals surface area contributed by atoms with Gasteiger partial charge in [0.15, 0.2) is 11.8 Å². The van der Waals surface area contributed by atoms with Crippen molar-refractivity contribution in [3.63, 3.8) is 0 Å². The van der Waals surface area contributed by atoms with Crippen LogP contribution in [0.25, 0.3) is 5.57 Å². The van der Waals surface area contributed by atoms with Crippen LogP contribution in [0.3, 0.4) is 0 Å². The monoisotopic (exact) mass is 444 g/mol. The quantitative estimate of drug-likeness (QED) is 0.638. The standard InChI is InChI=1S/C20H16N2O4S3/c23-13-3-1-2-12-18-14(27-7-6-20(18)28-8-9-29-20)10-22(19(12)13)17(26)11-21-15(24)4-5-16(21)25/h1-9,23-25H,10-11H2. The summed E-state index contributed by atoms with van der Waals surface area (Å²) < 4.78 is 0.836. The van der Waals surface area contributed by atoms with Crippen LogP contribution in [0, 0.1) is 0 Å². The Morgan fingerprint density at radius 3 is 2.48 bits per heavy atom. The Hall–Kier alpha value is -2.36. The zero-order valence-electron chi connectivity index (χ0n) is 15.0. The predicted octanol–water partition coefficient (Wildman–Crippen LogP) is 4.27. The molecule has 0 aliphatic carbocycles. The van der Waals surface area contributed by atoms with Gasteiger partial charge in [0.1, 0.15) is 16.4 Å². The van der Waals surface area contributed by atoms with E-state index in [4.69, 9.17) is 0 Å². The van der Waals surface area contributed by atoms with Crippen molar-refractivity contribution < 1.29 is 20.1 Å². The molecule has 0 saturated carbocycles. The number of carbonyl (C=O) groups excluding carboxylic acids is 1. The van der Waals surface area contributed by atoms with E-state index in [2.05, 4.69) is 16.9 Å². The van der Waals surface area contributed by atoms with E-state index in [1.807, 2.05) is 11.5 Å². The van der Waals surface area contributed by atoms with Crippen LogP contribution in [0.4, 0.5) is 5.69 Å². The van der Waals surface area contributed by atoms with Crippen molar-refractivity contribution in [3.05, 3.63) is 63.1 Å². The molecular weight excluding hydrogens is 428 g/mol. The van der Waals surface area contributed by atoms with Crippen molar-refractivity contribution >= 4 is 52.5 Å². The van der Waals surface area contributed by atoms with Crippen molar-refractivity contribution in [3.8, 4) is 17.5 Å². The molecule has 1 amide bonds. The van der Waals surface area contributed by atoms with E-state index in [1.54, 1.807) is 47.4 Å². The highest BCUT2D eigenvalue weighted by Crippen LogP contribution is 2.61. The number of hydrogen-bond acceptors (Lipinski definition) is 7. The van der Waals surface area contributed by atoms with Crippen LogP contribution in [0.5, 0.6) is 17.5 Å². The van der Waals surface area contributed by atoms with Gasteiger partial charge in [0, 0.05) is 28.2 Å². The Kier molecular flexibility index (Phi) is 4.41. The predicted molar refractivity (Wildman–Crippen MR) is 119 cm³/mol. The van der Waals surface area contributed by atoms with Gasteiger partial charge in [0.05, 0.1) is 12.2 Å². The van der Waals surface area contributed by atoms with Crippen LogP contribution in [0.2, 0.25) is 0 Å². The molecule has 2 aromatic rings. The molecule has 0 fully saturated rings. The van der Waals surface area contributed by atoms with E-state index >= 15 is 0 Å². The number of phenolic OH excluding ortho intramolecular Hbond substituents is 1. The van der Waals surface area contributed by atoms with E-state index < -0.39 is 0 Å². The molecule has 1 aromatic carbocycles. The molecule has 0 atom stereocenters. The van der Waals surface area contributed by atoms with Crippen molar-refractivity contribution in [2.24, 2.45) is 0 Å². The van der Waals surface area contributed by atoms with Crippen molar-refractivity contribution in [2.45, 2.75) is 10.6 Å². The SMILES string of the molecule is O=C(Cn1c(O)ccc1O)N1CC2=C(c3cccc(O)c31)C1(C=CS2)SC=CS1. The van der Waals surface area contributed by atoms with Gasteiger partial charge >= 0.3 is 0 Å². The lowest BCUT2D eigenvalue weighted by molar-refractivity contribution is -0.119. The fourth-order valence-electron chi connectivity index (χ4n) is 3.76. The van der Waals surface area contributed by atoms with E-state index in [1.165, 1.54) is 17.0 Å². The minimum Gasteiger partial charge on any atom is -0.506 e. The normalized spacial score (nSPS) is 19.0. The Balaban J connectivity index is 1.59. The van der Waals surface area contributed by atoms with Crippen LogP contribution in [-0.2, 0) is 11.3 Å². The van der Waals surface area contributed by atoms with Gasteiger partial charge in [-0.15, -0.1) is 35.3 Å². The summed E-state index contributed by atoms with van der Waals surface area (Å²) in [6.45, 7) is 0.0805. The zero-order chi connectivity index (χ0) is 20.2. The topological polar surface area (TPSA) is 85.9 Å². The largest absolute Gasteiger partial charge is 0.506 e. The first-order chi connectivity index (χ1) is 14.0.